The molecule has 210 valence electrons. The Morgan fingerprint density at radius 1 is 0.628 bits per heavy atom. The molecule has 0 aromatic heterocycles. The lowest BCUT2D eigenvalue weighted by Gasteiger charge is -2.33. The molecule has 0 amide bonds. The van der Waals surface area contributed by atoms with Crippen molar-refractivity contribution < 1.29 is 19.1 Å². The monoisotopic (exact) mass is 562 g/mol. The number of carbonyl (C=O) groups excluding carboxylic acids is 2. The third-order valence-corrected chi connectivity index (χ3v) is 8.17. The van der Waals surface area contributed by atoms with Crippen LogP contribution in [0.4, 0.5) is 0 Å². The Bertz CT molecular complexity index is 1720. The van der Waals surface area contributed by atoms with Crippen molar-refractivity contribution in [3.63, 3.8) is 0 Å². The summed E-state index contributed by atoms with van der Waals surface area (Å²) in [6.45, 7) is 7.00. The molecule has 0 saturated carbocycles. The van der Waals surface area contributed by atoms with Crippen LogP contribution in [0.25, 0.3) is 11.1 Å². The third kappa shape index (κ3) is 5.31. The second-order valence-electron chi connectivity index (χ2n) is 10.5. The summed E-state index contributed by atoms with van der Waals surface area (Å²) in [6, 6.07) is 43.2. The number of ether oxygens (including phenoxy) is 2. The molecule has 5 aromatic carbocycles. The molecule has 0 fully saturated rings. The summed E-state index contributed by atoms with van der Waals surface area (Å²) in [5, 5.41) is 0. The van der Waals surface area contributed by atoms with Crippen molar-refractivity contribution in [2.24, 2.45) is 0 Å². The van der Waals surface area contributed by atoms with Gasteiger partial charge in [-0.15, -0.1) is 0 Å². The standard InChI is InChI=1S/C39H30O4/c1-3-37(40)42-32-20-16-30(17-21-32)39(31-18-22-33(23-19-31)43-38(41)4-2)26-35(28-13-9-6-10-14-28)34-25-29(15-24-36(34)39)27-11-7-5-8-12-27/h3-25,35H,1-2,26H2. The number of benzene rings is 5. The van der Waals surface area contributed by atoms with Crippen molar-refractivity contribution in [1.82, 2.24) is 0 Å². The first-order valence-electron chi connectivity index (χ1n) is 14.2. The summed E-state index contributed by atoms with van der Waals surface area (Å²) in [4.78, 5) is 23.7. The van der Waals surface area contributed by atoms with Gasteiger partial charge >= 0.3 is 11.9 Å². The van der Waals surface area contributed by atoms with Crippen molar-refractivity contribution in [2.45, 2.75) is 17.8 Å². The van der Waals surface area contributed by atoms with Gasteiger partial charge in [0.1, 0.15) is 11.5 Å². The first-order chi connectivity index (χ1) is 21.0. The van der Waals surface area contributed by atoms with Gasteiger partial charge < -0.3 is 9.47 Å². The molecule has 1 atom stereocenters. The van der Waals surface area contributed by atoms with E-state index in [1.807, 2.05) is 60.7 Å². The molecule has 43 heavy (non-hydrogen) atoms. The normalized spacial score (nSPS) is 14.7. The average Bonchev–Trinajstić information content (AvgIpc) is 3.41. The van der Waals surface area contributed by atoms with Crippen LogP contribution in [0.3, 0.4) is 0 Å². The zero-order valence-corrected chi connectivity index (χ0v) is 23.6. The van der Waals surface area contributed by atoms with Crippen LogP contribution in [0.15, 0.2) is 153 Å². The van der Waals surface area contributed by atoms with E-state index in [9.17, 15) is 9.59 Å². The number of hydrogen-bond acceptors (Lipinski definition) is 4. The maximum atomic E-state index is 11.9. The van der Waals surface area contributed by atoms with E-state index in [2.05, 4.69) is 79.9 Å². The van der Waals surface area contributed by atoms with E-state index >= 15 is 0 Å². The van der Waals surface area contributed by atoms with Gasteiger partial charge in [0, 0.05) is 23.5 Å². The minimum Gasteiger partial charge on any atom is -0.423 e. The smallest absolute Gasteiger partial charge is 0.335 e. The second kappa shape index (κ2) is 11.8. The number of carbonyl (C=O) groups is 2. The SMILES string of the molecule is C=CC(=O)Oc1ccc(C2(c3ccc(OC(=O)C=C)cc3)CC(c3ccccc3)c3cc(-c4ccccc4)ccc32)cc1. The topological polar surface area (TPSA) is 52.6 Å². The highest BCUT2D eigenvalue weighted by molar-refractivity contribution is 5.84. The molecule has 0 N–H and O–H groups in total. The molecule has 1 unspecified atom stereocenters. The fourth-order valence-corrected chi connectivity index (χ4v) is 6.20. The van der Waals surface area contributed by atoms with E-state index in [1.54, 1.807) is 0 Å². The molecule has 0 bridgehead atoms. The Balaban J connectivity index is 1.55. The van der Waals surface area contributed by atoms with Crippen LogP contribution in [0.1, 0.15) is 40.2 Å². The Labute approximate surface area is 251 Å². The number of rotatable bonds is 8. The van der Waals surface area contributed by atoms with Gasteiger partial charge in [-0.2, -0.15) is 0 Å². The Hall–Kier alpha value is -5.48. The highest BCUT2D eigenvalue weighted by Gasteiger charge is 2.47. The minimum absolute atomic E-state index is 0.122. The molecule has 4 heteroatoms. The van der Waals surface area contributed by atoms with Crippen molar-refractivity contribution in [3.05, 3.63) is 181 Å². The summed E-state index contributed by atoms with van der Waals surface area (Å²) in [5.41, 5.74) is 7.62. The molecule has 4 nitrogen and oxygen atoms in total. The molecule has 0 radical (unpaired) electrons. The number of fused-ring (bicyclic) bond motifs is 1. The predicted molar refractivity (Wildman–Crippen MR) is 169 cm³/mol. The fourth-order valence-electron chi connectivity index (χ4n) is 6.20. The van der Waals surface area contributed by atoms with Gasteiger partial charge in [0.15, 0.2) is 0 Å². The Morgan fingerprint density at radius 2 is 1.14 bits per heavy atom. The van der Waals surface area contributed by atoms with E-state index in [0.29, 0.717) is 11.5 Å². The summed E-state index contributed by atoms with van der Waals surface area (Å²) >= 11 is 0. The third-order valence-electron chi connectivity index (χ3n) is 8.17. The van der Waals surface area contributed by atoms with Crippen molar-refractivity contribution in [1.29, 1.82) is 0 Å². The van der Waals surface area contributed by atoms with Gasteiger partial charge in [0.25, 0.3) is 0 Å². The molecular weight excluding hydrogens is 532 g/mol. The van der Waals surface area contributed by atoms with Crippen LogP contribution in [0.5, 0.6) is 11.5 Å². The van der Waals surface area contributed by atoms with E-state index < -0.39 is 17.4 Å². The average molecular weight is 563 g/mol. The second-order valence-corrected chi connectivity index (χ2v) is 10.5. The summed E-state index contributed by atoms with van der Waals surface area (Å²) in [7, 11) is 0. The molecule has 5 aromatic rings. The lowest BCUT2D eigenvalue weighted by Crippen LogP contribution is -2.27. The Kier molecular flexibility index (Phi) is 7.59. The molecule has 0 spiro atoms. The zero-order valence-electron chi connectivity index (χ0n) is 23.6. The lowest BCUT2D eigenvalue weighted by molar-refractivity contribution is -0.129. The largest absolute Gasteiger partial charge is 0.423 e. The zero-order chi connectivity index (χ0) is 29.8. The van der Waals surface area contributed by atoms with E-state index in [4.69, 9.17) is 9.47 Å². The van der Waals surface area contributed by atoms with Gasteiger partial charge in [0.05, 0.1) is 0 Å². The molecule has 1 aliphatic carbocycles. The first kappa shape index (κ1) is 27.7. The predicted octanol–water partition coefficient (Wildman–Crippen LogP) is 8.41. The highest BCUT2D eigenvalue weighted by Crippen LogP contribution is 2.56. The fraction of sp³-hybridized carbons (Fsp3) is 0.0769. The molecule has 1 aliphatic rings. The molecule has 6 rings (SSSR count). The lowest BCUT2D eigenvalue weighted by atomic mass is 9.69. The first-order valence-corrected chi connectivity index (χ1v) is 14.2. The number of hydrogen-bond donors (Lipinski definition) is 0. The van der Waals surface area contributed by atoms with Crippen molar-refractivity contribution in [3.8, 4) is 22.6 Å². The van der Waals surface area contributed by atoms with Crippen LogP contribution in [-0.2, 0) is 15.0 Å². The van der Waals surface area contributed by atoms with Gasteiger partial charge in [-0.3, -0.25) is 0 Å². The van der Waals surface area contributed by atoms with Gasteiger partial charge in [0.2, 0.25) is 0 Å². The van der Waals surface area contributed by atoms with Crippen LogP contribution in [0.2, 0.25) is 0 Å². The van der Waals surface area contributed by atoms with Gasteiger partial charge in [-0.05, 0) is 69.6 Å². The highest BCUT2D eigenvalue weighted by atomic mass is 16.5. The van der Waals surface area contributed by atoms with Gasteiger partial charge in [-0.1, -0.05) is 116 Å². The minimum atomic E-state index is -0.535. The van der Waals surface area contributed by atoms with E-state index in [1.165, 1.54) is 16.7 Å². The molecule has 0 heterocycles. The quantitative estimate of drug-likeness (QED) is 0.108. The summed E-state index contributed by atoms with van der Waals surface area (Å²) in [6.07, 6.45) is 3.08. The molecule has 0 saturated heterocycles. The molecular formula is C39H30O4. The van der Waals surface area contributed by atoms with Crippen LogP contribution in [0, 0.1) is 0 Å². The Morgan fingerprint density at radius 3 is 1.65 bits per heavy atom. The maximum absolute atomic E-state index is 11.9. The van der Waals surface area contributed by atoms with Crippen LogP contribution >= 0.6 is 0 Å². The van der Waals surface area contributed by atoms with E-state index in [0.717, 1.165) is 40.8 Å². The van der Waals surface area contributed by atoms with E-state index in [-0.39, 0.29) is 5.92 Å². The summed E-state index contributed by atoms with van der Waals surface area (Å²) < 4.78 is 10.8. The number of esters is 2. The van der Waals surface area contributed by atoms with Crippen LogP contribution < -0.4 is 9.47 Å². The van der Waals surface area contributed by atoms with Crippen molar-refractivity contribution >= 4 is 11.9 Å². The van der Waals surface area contributed by atoms with Crippen LogP contribution in [-0.4, -0.2) is 11.9 Å². The van der Waals surface area contributed by atoms with Crippen molar-refractivity contribution in [2.75, 3.05) is 0 Å². The van der Waals surface area contributed by atoms with Gasteiger partial charge in [-0.25, -0.2) is 9.59 Å². The maximum Gasteiger partial charge on any atom is 0.335 e. The summed E-state index contributed by atoms with van der Waals surface area (Å²) in [5.74, 6) is 0.0173. The molecule has 0 aliphatic heterocycles.